The topological polar surface area (TPSA) is 110 Å². The van der Waals surface area contributed by atoms with E-state index in [-0.39, 0.29) is 17.2 Å². The maximum absolute atomic E-state index is 12.3. The van der Waals surface area contributed by atoms with Crippen molar-refractivity contribution in [1.82, 2.24) is 4.72 Å². The third-order valence-corrected chi connectivity index (χ3v) is 4.91. The fraction of sp³-hybridized carbons (Fsp3) is 0.538. The molecule has 0 saturated carbocycles. The minimum atomic E-state index is -3.85. The summed E-state index contributed by atoms with van der Waals surface area (Å²) in [5.74, 6) is 0. The Labute approximate surface area is 124 Å². The van der Waals surface area contributed by atoms with Gasteiger partial charge in [0.25, 0.3) is 5.69 Å². The van der Waals surface area contributed by atoms with Gasteiger partial charge in [0.1, 0.15) is 0 Å². The first kappa shape index (κ1) is 17.5. The molecule has 0 saturated heterocycles. The number of nitrogens with zero attached hydrogens (tertiary/aromatic N) is 1. The van der Waals surface area contributed by atoms with Crippen molar-refractivity contribution in [3.63, 3.8) is 0 Å². The quantitative estimate of drug-likeness (QED) is 0.587. The number of aliphatic hydroxyl groups excluding tert-OH is 1. The van der Waals surface area contributed by atoms with Crippen LogP contribution in [0, 0.1) is 24.0 Å². The zero-order valence-electron chi connectivity index (χ0n) is 12.3. The molecule has 0 fully saturated rings. The van der Waals surface area contributed by atoms with Gasteiger partial charge in [-0.1, -0.05) is 6.92 Å². The van der Waals surface area contributed by atoms with Crippen LogP contribution in [-0.4, -0.2) is 31.1 Å². The summed E-state index contributed by atoms with van der Waals surface area (Å²) in [5, 5.41) is 19.9. The summed E-state index contributed by atoms with van der Waals surface area (Å²) in [5.41, 5.74) is 0.770. The van der Waals surface area contributed by atoms with Gasteiger partial charge >= 0.3 is 0 Å². The van der Waals surface area contributed by atoms with Crippen LogP contribution < -0.4 is 4.72 Å². The molecule has 1 aromatic carbocycles. The maximum Gasteiger partial charge on any atom is 0.273 e. The largest absolute Gasteiger partial charge is 0.396 e. The van der Waals surface area contributed by atoms with Crippen LogP contribution in [-0.2, 0) is 10.0 Å². The highest BCUT2D eigenvalue weighted by atomic mass is 32.2. The number of hydrogen-bond donors (Lipinski definition) is 2. The molecule has 0 radical (unpaired) electrons. The van der Waals surface area contributed by atoms with Gasteiger partial charge in [-0.05, 0) is 38.3 Å². The number of aliphatic hydroxyl groups is 1. The molecule has 21 heavy (non-hydrogen) atoms. The first-order valence-electron chi connectivity index (χ1n) is 6.61. The van der Waals surface area contributed by atoms with Crippen LogP contribution in [0.5, 0.6) is 0 Å². The summed E-state index contributed by atoms with van der Waals surface area (Å²) in [6.45, 7) is 4.88. The average Bonchev–Trinajstić information content (AvgIpc) is 2.40. The molecular weight excluding hydrogens is 296 g/mol. The normalized spacial score (nSPS) is 13.1. The Balaban J connectivity index is 3.23. The summed E-state index contributed by atoms with van der Waals surface area (Å²) in [7, 11) is -3.85. The molecule has 0 aliphatic carbocycles. The summed E-state index contributed by atoms with van der Waals surface area (Å²) in [6.07, 6.45) is 0.815. The lowest BCUT2D eigenvalue weighted by Gasteiger charge is -2.16. The number of benzene rings is 1. The molecule has 0 aliphatic heterocycles. The van der Waals surface area contributed by atoms with E-state index in [1.54, 1.807) is 20.8 Å². The smallest absolute Gasteiger partial charge is 0.273 e. The Morgan fingerprint density at radius 2 is 2.00 bits per heavy atom. The predicted octanol–water partition coefficient (Wildman–Crippen LogP) is 1.65. The van der Waals surface area contributed by atoms with E-state index >= 15 is 0 Å². The fourth-order valence-electron chi connectivity index (χ4n) is 1.94. The minimum Gasteiger partial charge on any atom is -0.396 e. The van der Waals surface area contributed by atoms with Crippen molar-refractivity contribution in [2.24, 2.45) is 0 Å². The monoisotopic (exact) mass is 316 g/mol. The third kappa shape index (κ3) is 4.23. The van der Waals surface area contributed by atoms with Gasteiger partial charge < -0.3 is 5.11 Å². The van der Waals surface area contributed by atoms with Crippen LogP contribution in [0.25, 0.3) is 0 Å². The van der Waals surface area contributed by atoms with Crippen molar-refractivity contribution >= 4 is 15.7 Å². The zero-order valence-corrected chi connectivity index (χ0v) is 13.1. The highest BCUT2D eigenvalue weighted by Crippen LogP contribution is 2.26. The Hall–Kier alpha value is -1.51. The van der Waals surface area contributed by atoms with Gasteiger partial charge in [0.2, 0.25) is 10.0 Å². The molecular formula is C13H20N2O5S. The standard InChI is InChI=1S/C13H20N2O5S/c1-4-11(5-6-16)14-21(19,20)12-7-9(2)10(3)13(8-12)15(17)18/h7-8,11,14,16H,4-6H2,1-3H3. The van der Waals surface area contributed by atoms with Crippen molar-refractivity contribution in [2.45, 2.75) is 44.6 Å². The van der Waals surface area contributed by atoms with Crippen LogP contribution in [0.2, 0.25) is 0 Å². The first-order valence-corrected chi connectivity index (χ1v) is 8.10. The number of nitro groups is 1. The number of aryl methyl sites for hydroxylation is 1. The summed E-state index contributed by atoms with van der Waals surface area (Å²) in [6, 6.07) is 2.08. The molecule has 0 spiro atoms. The molecule has 1 aromatic rings. The maximum atomic E-state index is 12.3. The predicted molar refractivity (Wildman–Crippen MR) is 78.7 cm³/mol. The van der Waals surface area contributed by atoms with Gasteiger partial charge in [0.15, 0.2) is 0 Å². The minimum absolute atomic E-state index is 0.131. The molecule has 1 unspecified atom stereocenters. The Kier molecular flexibility index (Phi) is 5.82. The van der Waals surface area contributed by atoms with E-state index in [1.807, 2.05) is 0 Å². The second kappa shape index (κ2) is 6.97. The second-order valence-electron chi connectivity index (χ2n) is 4.88. The average molecular weight is 316 g/mol. The van der Waals surface area contributed by atoms with Crippen molar-refractivity contribution in [1.29, 1.82) is 0 Å². The van der Waals surface area contributed by atoms with Crippen molar-refractivity contribution < 1.29 is 18.4 Å². The molecule has 1 atom stereocenters. The lowest BCUT2D eigenvalue weighted by Crippen LogP contribution is -2.35. The van der Waals surface area contributed by atoms with Crippen molar-refractivity contribution in [3.8, 4) is 0 Å². The van der Waals surface area contributed by atoms with Gasteiger partial charge in [0.05, 0.1) is 9.82 Å². The van der Waals surface area contributed by atoms with E-state index in [2.05, 4.69) is 4.72 Å². The molecule has 8 heteroatoms. The Morgan fingerprint density at radius 3 is 2.48 bits per heavy atom. The SMILES string of the molecule is CCC(CCO)NS(=O)(=O)c1cc(C)c(C)c([N+](=O)[O-])c1. The lowest BCUT2D eigenvalue weighted by molar-refractivity contribution is -0.385. The number of rotatable bonds is 7. The molecule has 2 N–H and O–H groups in total. The third-order valence-electron chi connectivity index (χ3n) is 3.41. The van der Waals surface area contributed by atoms with Crippen LogP contribution in [0.15, 0.2) is 17.0 Å². The summed E-state index contributed by atoms with van der Waals surface area (Å²) >= 11 is 0. The molecule has 0 heterocycles. The van der Waals surface area contributed by atoms with E-state index in [0.29, 0.717) is 24.0 Å². The van der Waals surface area contributed by atoms with Crippen LogP contribution in [0.1, 0.15) is 30.9 Å². The van der Waals surface area contributed by atoms with Gasteiger partial charge in [-0.15, -0.1) is 0 Å². The Bertz CT molecular complexity index is 628. The summed E-state index contributed by atoms with van der Waals surface area (Å²) < 4.78 is 27.1. The lowest BCUT2D eigenvalue weighted by atomic mass is 10.1. The van der Waals surface area contributed by atoms with E-state index in [9.17, 15) is 18.5 Å². The van der Waals surface area contributed by atoms with Crippen LogP contribution in [0.4, 0.5) is 5.69 Å². The Morgan fingerprint density at radius 1 is 1.38 bits per heavy atom. The van der Waals surface area contributed by atoms with E-state index in [0.717, 1.165) is 6.07 Å². The zero-order chi connectivity index (χ0) is 16.2. The highest BCUT2D eigenvalue weighted by molar-refractivity contribution is 7.89. The van der Waals surface area contributed by atoms with Crippen LogP contribution >= 0.6 is 0 Å². The number of sulfonamides is 1. The fourth-order valence-corrected chi connectivity index (χ4v) is 3.40. The molecule has 1 rings (SSSR count). The highest BCUT2D eigenvalue weighted by Gasteiger charge is 2.23. The van der Waals surface area contributed by atoms with E-state index < -0.39 is 21.0 Å². The van der Waals surface area contributed by atoms with Crippen molar-refractivity contribution in [2.75, 3.05) is 6.61 Å². The van der Waals surface area contributed by atoms with Gasteiger partial charge in [-0.2, -0.15) is 0 Å². The van der Waals surface area contributed by atoms with Gasteiger partial charge in [-0.25, -0.2) is 13.1 Å². The van der Waals surface area contributed by atoms with Gasteiger partial charge in [-0.3, -0.25) is 10.1 Å². The van der Waals surface area contributed by atoms with Crippen LogP contribution in [0.3, 0.4) is 0 Å². The number of hydrogen-bond acceptors (Lipinski definition) is 5. The summed E-state index contributed by atoms with van der Waals surface area (Å²) in [4.78, 5) is 10.3. The molecule has 118 valence electrons. The molecule has 0 aromatic heterocycles. The van der Waals surface area contributed by atoms with E-state index in [4.69, 9.17) is 5.11 Å². The molecule has 0 bridgehead atoms. The number of nitro benzene ring substituents is 1. The molecule has 0 aliphatic rings. The van der Waals surface area contributed by atoms with Gasteiger partial charge in [0, 0.05) is 24.3 Å². The van der Waals surface area contributed by atoms with Crippen molar-refractivity contribution in [3.05, 3.63) is 33.4 Å². The first-order chi connectivity index (χ1) is 9.72. The number of nitrogens with one attached hydrogen (secondary N) is 1. The molecule has 7 nitrogen and oxygen atoms in total. The van der Waals surface area contributed by atoms with E-state index in [1.165, 1.54) is 6.07 Å². The molecule has 0 amide bonds. The second-order valence-corrected chi connectivity index (χ2v) is 6.59.